The smallest absolute Gasteiger partial charge is 0.194 e. The Hall–Kier alpha value is -2.42. The highest BCUT2D eigenvalue weighted by molar-refractivity contribution is 5.80. The first-order chi connectivity index (χ1) is 15.3. The summed E-state index contributed by atoms with van der Waals surface area (Å²) in [6.07, 6.45) is 1.64. The maximum absolute atomic E-state index is 5.58. The summed E-state index contributed by atoms with van der Waals surface area (Å²) in [5, 5.41) is 7.55. The number of nitrogens with zero attached hydrogens (tertiary/aromatic N) is 5. The molecule has 0 radical (unpaired) electrons. The first-order valence-electron chi connectivity index (χ1n) is 11.3. The predicted octanol–water partition coefficient (Wildman–Crippen LogP) is 1.83. The van der Waals surface area contributed by atoms with Crippen molar-refractivity contribution in [2.75, 3.05) is 65.6 Å². The van der Waals surface area contributed by atoms with E-state index in [4.69, 9.17) is 14.3 Å². The quantitative estimate of drug-likeness (QED) is 0.535. The van der Waals surface area contributed by atoms with Crippen LogP contribution < -0.4 is 5.32 Å². The lowest BCUT2D eigenvalue weighted by Crippen LogP contribution is -2.52. The molecule has 168 valence electrons. The van der Waals surface area contributed by atoms with E-state index in [-0.39, 0.29) is 6.04 Å². The van der Waals surface area contributed by atoms with Gasteiger partial charge in [0, 0.05) is 58.4 Å². The first-order valence-corrected chi connectivity index (χ1v) is 11.3. The summed E-state index contributed by atoms with van der Waals surface area (Å²) in [6, 6.07) is 12.9. The van der Waals surface area contributed by atoms with Crippen molar-refractivity contribution in [2.24, 2.45) is 4.99 Å². The minimum Gasteiger partial charge on any atom is -0.379 e. The van der Waals surface area contributed by atoms with Crippen molar-refractivity contribution in [3.8, 4) is 0 Å². The van der Waals surface area contributed by atoms with Crippen LogP contribution in [0.3, 0.4) is 0 Å². The molecular formula is C23H34N6O2. The lowest BCUT2D eigenvalue weighted by Gasteiger charge is -2.37. The fourth-order valence-corrected chi connectivity index (χ4v) is 4.26. The fraction of sp³-hybridized carbons (Fsp3) is 0.565. The van der Waals surface area contributed by atoms with Gasteiger partial charge in [0.25, 0.3) is 0 Å². The van der Waals surface area contributed by atoms with Crippen LogP contribution in [0.2, 0.25) is 0 Å². The number of nitrogens with one attached hydrogen (secondary N) is 1. The highest BCUT2D eigenvalue weighted by Gasteiger charge is 2.24. The number of guanidine groups is 1. The molecule has 2 aliphatic rings. The van der Waals surface area contributed by atoms with E-state index in [2.05, 4.69) is 62.4 Å². The van der Waals surface area contributed by atoms with Gasteiger partial charge in [-0.1, -0.05) is 35.5 Å². The first kappa shape index (κ1) is 21.8. The molecule has 2 aromatic rings. The van der Waals surface area contributed by atoms with Crippen LogP contribution in [0, 0.1) is 0 Å². The van der Waals surface area contributed by atoms with Gasteiger partial charge in [-0.05, 0) is 12.5 Å². The molecule has 1 atom stereocenters. The Bertz CT molecular complexity index is 784. The standard InChI is InChI=1S/C23H34N6O2/c1-2-24-23(29-11-9-27(10-12-29)19-21-8-15-31-26-21)25-18-22(20-6-4-3-5-7-20)28-13-16-30-17-14-28/h3-8,15,22H,2,9-14,16-19H2,1H3,(H,24,25). The van der Waals surface area contributed by atoms with E-state index in [1.165, 1.54) is 5.56 Å². The van der Waals surface area contributed by atoms with E-state index < -0.39 is 0 Å². The topological polar surface area (TPSA) is 69.4 Å². The van der Waals surface area contributed by atoms with Crippen LogP contribution in [0.5, 0.6) is 0 Å². The molecule has 0 saturated carbocycles. The molecule has 8 heteroatoms. The van der Waals surface area contributed by atoms with E-state index in [0.29, 0.717) is 0 Å². The second-order valence-electron chi connectivity index (χ2n) is 8.02. The molecule has 0 aliphatic carbocycles. The molecule has 0 amide bonds. The SMILES string of the molecule is CCNC(=NCC(c1ccccc1)N1CCOCC1)N1CCN(Cc2ccon2)CC1. The van der Waals surface area contributed by atoms with Crippen molar-refractivity contribution < 1.29 is 9.26 Å². The normalized spacial score (nSPS) is 20.0. The molecule has 2 fully saturated rings. The molecule has 1 aromatic heterocycles. The minimum absolute atomic E-state index is 0.271. The Labute approximate surface area is 184 Å². The number of benzene rings is 1. The Morgan fingerprint density at radius 2 is 1.84 bits per heavy atom. The zero-order valence-corrected chi connectivity index (χ0v) is 18.4. The predicted molar refractivity (Wildman–Crippen MR) is 121 cm³/mol. The van der Waals surface area contributed by atoms with Crippen molar-refractivity contribution in [1.82, 2.24) is 25.2 Å². The van der Waals surface area contributed by atoms with E-state index >= 15 is 0 Å². The van der Waals surface area contributed by atoms with Gasteiger partial charge >= 0.3 is 0 Å². The van der Waals surface area contributed by atoms with E-state index in [9.17, 15) is 0 Å². The summed E-state index contributed by atoms with van der Waals surface area (Å²) >= 11 is 0. The van der Waals surface area contributed by atoms with E-state index in [1.54, 1.807) is 6.26 Å². The summed E-state index contributed by atoms with van der Waals surface area (Å²) in [5.41, 5.74) is 2.31. The summed E-state index contributed by atoms with van der Waals surface area (Å²) in [6.45, 7) is 12.0. The van der Waals surface area contributed by atoms with Gasteiger partial charge in [-0.3, -0.25) is 14.8 Å². The average molecular weight is 427 g/mol. The highest BCUT2D eigenvalue weighted by atomic mass is 16.5. The zero-order valence-electron chi connectivity index (χ0n) is 18.4. The lowest BCUT2D eigenvalue weighted by atomic mass is 10.0. The molecule has 8 nitrogen and oxygen atoms in total. The maximum atomic E-state index is 5.58. The Kier molecular flexibility index (Phi) is 7.93. The molecular weight excluding hydrogens is 392 g/mol. The van der Waals surface area contributed by atoms with Gasteiger partial charge in [-0.15, -0.1) is 0 Å². The number of ether oxygens (including phenoxy) is 1. The molecule has 1 unspecified atom stereocenters. The lowest BCUT2D eigenvalue weighted by molar-refractivity contribution is 0.0179. The number of hydrogen-bond donors (Lipinski definition) is 1. The van der Waals surface area contributed by atoms with E-state index in [0.717, 1.165) is 83.8 Å². The van der Waals surface area contributed by atoms with E-state index in [1.807, 2.05) is 6.07 Å². The third-order valence-corrected chi connectivity index (χ3v) is 5.97. The fourth-order valence-electron chi connectivity index (χ4n) is 4.26. The minimum atomic E-state index is 0.271. The van der Waals surface area contributed by atoms with Crippen LogP contribution in [0.15, 0.2) is 52.2 Å². The van der Waals surface area contributed by atoms with Gasteiger partial charge in [0.1, 0.15) is 6.26 Å². The highest BCUT2D eigenvalue weighted by Crippen LogP contribution is 2.22. The van der Waals surface area contributed by atoms with Gasteiger partial charge in [0.05, 0.1) is 31.5 Å². The Balaban J connectivity index is 1.40. The summed E-state index contributed by atoms with van der Waals surface area (Å²) in [7, 11) is 0. The van der Waals surface area contributed by atoms with Gasteiger partial charge in [-0.25, -0.2) is 0 Å². The number of piperazine rings is 1. The number of rotatable bonds is 7. The number of aliphatic imine (C=N–C) groups is 1. The summed E-state index contributed by atoms with van der Waals surface area (Å²) in [4.78, 5) is 12.4. The van der Waals surface area contributed by atoms with Crippen LogP contribution >= 0.6 is 0 Å². The molecule has 0 spiro atoms. The maximum Gasteiger partial charge on any atom is 0.194 e. The average Bonchev–Trinajstić information content (AvgIpc) is 3.34. The molecule has 1 N–H and O–H groups in total. The van der Waals surface area contributed by atoms with Crippen LogP contribution in [-0.4, -0.2) is 91.4 Å². The molecule has 31 heavy (non-hydrogen) atoms. The van der Waals surface area contributed by atoms with Crippen molar-refractivity contribution in [3.63, 3.8) is 0 Å². The van der Waals surface area contributed by atoms with Crippen LogP contribution in [-0.2, 0) is 11.3 Å². The molecule has 2 aliphatic heterocycles. The van der Waals surface area contributed by atoms with Crippen molar-refractivity contribution in [3.05, 3.63) is 53.9 Å². The van der Waals surface area contributed by atoms with Crippen molar-refractivity contribution >= 4 is 5.96 Å². The Morgan fingerprint density at radius 3 is 2.52 bits per heavy atom. The third-order valence-electron chi connectivity index (χ3n) is 5.97. The molecule has 1 aromatic carbocycles. The van der Waals surface area contributed by atoms with Crippen LogP contribution in [0.25, 0.3) is 0 Å². The third kappa shape index (κ3) is 6.06. The second kappa shape index (κ2) is 11.3. The zero-order chi connectivity index (χ0) is 21.3. The van der Waals surface area contributed by atoms with Gasteiger partial charge in [-0.2, -0.15) is 0 Å². The number of hydrogen-bond acceptors (Lipinski definition) is 6. The molecule has 2 saturated heterocycles. The summed E-state index contributed by atoms with van der Waals surface area (Å²) in [5.74, 6) is 1.01. The molecule has 0 bridgehead atoms. The molecule has 3 heterocycles. The van der Waals surface area contributed by atoms with Crippen LogP contribution in [0.4, 0.5) is 0 Å². The number of aromatic nitrogens is 1. The van der Waals surface area contributed by atoms with Crippen molar-refractivity contribution in [1.29, 1.82) is 0 Å². The van der Waals surface area contributed by atoms with Crippen LogP contribution in [0.1, 0.15) is 24.2 Å². The largest absolute Gasteiger partial charge is 0.379 e. The Morgan fingerprint density at radius 1 is 1.06 bits per heavy atom. The summed E-state index contributed by atoms with van der Waals surface area (Å²) < 4.78 is 10.5. The van der Waals surface area contributed by atoms with Gasteiger partial charge in [0.2, 0.25) is 0 Å². The van der Waals surface area contributed by atoms with Crippen molar-refractivity contribution in [2.45, 2.75) is 19.5 Å². The second-order valence-corrected chi connectivity index (χ2v) is 8.02. The monoisotopic (exact) mass is 426 g/mol. The van der Waals surface area contributed by atoms with Gasteiger partial charge in [0.15, 0.2) is 5.96 Å². The van der Waals surface area contributed by atoms with Gasteiger partial charge < -0.3 is 19.5 Å². The molecule has 4 rings (SSSR count). The number of morpholine rings is 1.